The van der Waals surface area contributed by atoms with Gasteiger partial charge < -0.3 is 9.88 Å². The summed E-state index contributed by atoms with van der Waals surface area (Å²) in [6, 6.07) is 3.03. The van der Waals surface area contributed by atoms with E-state index in [4.69, 9.17) is 0 Å². The van der Waals surface area contributed by atoms with Gasteiger partial charge in [0.15, 0.2) is 11.0 Å². The number of carbonyl (C=O) groups is 1. The van der Waals surface area contributed by atoms with Crippen molar-refractivity contribution in [2.45, 2.75) is 38.9 Å². The van der Waals surface area contributed by atoms with Crippen molar-refractivity contribution in [2.24, 2.45) is 0 Å². The summed E-state index contributed by atoms with van der Waals surface area (Å²) in [5.74, 6) is -1.07. The lowest BCUT2D eigenvalue weighted by Gasteiger charge is -2.09. The number of aromatic nitrogens is 3. The number of aryl methyl sites for hydroxylation is 1. The van der Waals surface area contributed by atoms with Gasteiger partial charge in [-0.15, -0.1) is 21.5 Å². The normalized spacial score (nSPS) is 11.0. The molecule has 2 heterocycles. The lowest BCUT2D eigenvalue weighted by atomic mass is 10.1. The molecule has 9 heteroatoms. The molecular formula is C19H20F2N4OS2. The summed E-state index contributed by atoms with van der Waals surface area (Å²) in [5.41, 5.74) is 2.18. The molecule has 0 atom stereocenters. The maximum absolute atomic E-state index is 13.7. The highest BCUT2D eigenvalue weighted by atomic mass is 32.2. The Kier molecular flexibility index (Phi) is 6.46. The second-order valence-corrected chi connectivity index (χ2v) is 8.28. The number of rotatable bonds is 7. The quantitative estimate of drug-likeness (QED) is 0.542. The Hall–Kier alpha value is -2.26. The van der Waals surface area contributed by atoms with Crippen molar-refractivity contribution in [3.05, 3.63) is 45.7 Å². The average molecular weight is 423 g/mol. The number of carbonyl (C=O) groups excluding carboxylic acids is 1. The first-order valence-corrected chi connectivity index (χ1v) is 10.6. The Balaban J connectivity index is 1.73. The van der Waals surface area contributed by atoms with Gasteiger partial charge in [-0.2, -0.15) is 0 Å². The van der Waals surface area contributed by atoms with Crippen LogP contribution < -0.4 is 5.32 Å². The molecule has 1 N–H and O–H groups in total. The van der Waals surface area contributed by atoms with Crippen LogP contribution in [0.3, 0.4) is 0 Å². The molecule has 0 spiro atoms. The Labute approximate surface area is 170 Å². The number of benzene rings is 1. The third kappa shape index (κ3) is 4.41. The van der Waals surface area contributed by atoms with Crippen molar-refractivity contribution in [3.8, 4) is 11.4 Å². The van der Waals surface area contributed by atoms with Crippen molar-refractivity contribution in [1.29, 1.82) is 0 Å². The summed E-state index contributed by atoms with van der Waals surface area (Å²) in [6.07, 6.45) is 0.897. The standard InChI is InChI=1S/C19H20F2N4OS2/c1-4-7-25-18(14-9-27-12(3)11(14)2)23-24-19(25)28-10-17(26)22-16-6-5-13(20)8-15(16)21/h5-6,8-9H,4,7,10H2,1-3H3,(H,22,26). The van der Waals surface area contributed by atoms with Crippen LogP contribution in [-0.4, -0.2) is 26.4 Å². The summed E-state index contributed by atoms with van der Waals surface area (Å²) in [6.45, 7) is 6.92. The summed E-state index contributed by atoms with van der Waals surface area (Å²) >= 11 is 2.91. The number of anilines is 1. The van der Waals surface area contributed by atoms with Crippen LogP contribution in [0.2, 0.25) is 0 Å². The third-order valence-electron chi connectivity index (χ3n) is 4.23. The zero-order valence-electron chi connectivity index (χ0n) is 15.8. The van der Waals surface area contributed by atoms with Gasteiger partial charge in [0.25, 0.3) is 0 Å². The molecule has 0 unspecified atom stereocenters. The van der Waals surface area contributed by atoms with Crippen LogP contribution in [0.1, 0.15) is 23.8 Å². The van der Waals surface area contributed by atoms with Crippen molar-refractivity contribution < 1.29 is 13.6 Å². The highest BCUT2D eigenvalue weighted by Gasteiger charge is 2.18. The molecule has 148 valence electrons. The van der Waals surface area contributed by atoms with Crippen LogP contribution in [0, 0.1) is 25.5 Å². The van der Waals surface area contributed by atoms with Crippen LogP contribution >= 0.6 is 23.1 Å². The summed E-state index contributed by atoms with van der Waals surface area (Å²) in [5, 5.41) is 13.7. The van der Waals surface area contributed by atoms with Gasteiger partial charge in [0, 0.05) is 28.4 Å². The summed E-state index contributed by atoms with van der Waals surface area (Å²) < 4.78 is 28.7. The first-order valence-electron chi connectivity index (χ1n) is 8.76. The van der Waals surface area contributed by atoms with Gasteiger partial charge in [-0.05, 0) is 38.0 Å². The average Bonchev–Trinajstić information content (AvgIpc) is 3.19. The topological polar surface area (TPSA) is 59.8 Å². The zero-order chi connectivity index (χ0) is 20.3. The van der Waals surface area contributed by atoms with E-state index in [-0.39, 0.29) is 11.4 Å². The molecular weight excluding hydrogens is 402 g/mol. The number of hydrogen-bond donors (Lipinski definition) is 1. The smallest absolute Gasteiger partial charge is 0.234 e. The predicted octanol–water partition coefficient (Wildman–Crippen LogP) is 5.04. The fourth-order valence-corrected chi connectivity index (χ4v) is 4.29. The van der Waals surface area contributed by atoms with Gasteiger partial charge in [-0.1, -0.05) is 18.7 Å². The fraction of sp³-hybridized carbons (Fsp3) is 0.316. The van der Waals surface area contributed by atoms with Crippen LogP contribution in [0.25, 0.3) is 11.4 Å². The van der Waals surface area contributed by atoms with E-state index in [1.165, 1.54) is 28.3 Å². The van der Waals surface area contributed by atoms with E-state index in [1.807, 2.05) is 4.57 Å². The lowest BCUT2D eigenvalue weighted by molar-refractivity contribution is -0.113. The maximum Gasteiger partial charge on any atom is 0.234 e. The predicted molar refractivity (Wildman–Crippen MR) is 109 cm³/mol. The van der Waals surface area contributed by atoms with Gasteiger partial charge in [-0.25, -0.2) is 8.78 Å². The summed E-state index contributed by atoms with van der Waals surface area (Å²) in [4.78, 5) is 13.4. The molecule has 1 amide bonds. The zero-order valence-corrected chi connectivity index (χ0v) is 17.4. The van der Waals surface area contributed by atoms with Gasteiger partial charge in [0.05, 0.1) is 11.4 Å². The van der Waals surface area contributed by atoms with Gasteiger partial charge in [-0.3, -0.25) is 4.79 Å². The van der Waals surface area contributed by atoms with E-state index in [2.05, 4.69) is 41.7 Å². The number of nitrogens with zero attached hydrogens (tertiary/aromatic N) is 3. The van der Waals surface area contributed by atoms with E-state index in [1.54, 1.807) is 11.3 Å². The van der Waals surface area contributed by atoms with Crippen LogP contribution in [0.4, 0.5) is 14.5 Å². The molecule has 2 aromatic heterocycles. The number of thioether (sulfide) groups is 1. The van der Waals surface area contributed by atoms with E-state index >= 15 is 0 Å². The molecule has 0 bridgehead atoms. The van der Waals surface area contributed by atoms with Crippen molar-refractivity contribution in [1.82, 2.24) is 14.8 Å². The van der Waals surface area contributed by atoms with Crippen LogP contribution in [0.5, 0.6) is 0 Å². The van der Waals surface area contributed by atoms with E-state index < -0.39 is 17.5 Å². The number of amides is 1. The number of nitrogens with one attached hydrogen (secondary N) is 1. The van der Waals surface area contributed by atoms with Gasteiger partial charge in [0.2, 0.25) is 5.91 Å². The second kappa shape index (κ2) is 8.83. The molecule has 0 aliphatic heterocycles. The maximum atomic E-state index is 13.7. The van der Waals surface area contributed by atoms with Crippen LogP contribution in [0.15, 0.2) is 28.7 Å². The Bertz CT molecular complexity index is 1000. The highest BCUT2D eigenvalue weighted by molar-refractivity contribution is 7.99. The minimum atomic E-state index is -0.807. The van der Waals surface area contributed by atoms with E-state index in [0.29, 0.717) is 5.16 Å². The molecule has 0 saturated heterocycles. The third-order valence-corrected chi connectivity index (χ3v) is 6.21. The number of thiophene rings is 1. The minimum Gasteiger partial charge on any atom is -0.323 e. The molecule has 3 aromatic rings. The molecule has 1 aromatic carbocycles. The Morgan fingerprint density at radius 3 is 2.71 bits per heavy atom. The molecule has 3 rings (SSSR count). The van der Waals surface area contributed by atoms with E-state index in [9.17, 15) is 13.6 Å². The van der Waals surface area contributed by atoms with Crippen LogP contribution in [-0.2, 0) is 11.3 Å². The van der Waals surface area contributed by atoms with Gasteiger partial charge in [0.1, 0.15) is 11.6 Å². The summed E-state index contributed by atoms with van der Waals surface area (Å²) in [7, 11) is 0. The monoisotopic (exact) mass is 422 g/mol. The first kappa shape index (κ1) is 20.5. The second-order valence-electron chi connectivity index (χ2n) is 6.25. The van der Waals surface area contributed by atoms with E-state index in [0.717, 1.165) is 36.5 Å². The SMILES string of the molecule is CCCn1c(SCC(=O)Nc2ccc(F)cc2F)nnc1-c1csc(C)c1C. The first-order chi connectivity index (χ1) is 13.4. The largest absolute Gasteiger partial charge is 0.323 e. The van der Waals surface area contributed by atoms with Gasteiger partial charge >= 0.3 is 0 Å². The lowest BCUT2D eigenvalue weighted by Crippen LogP contribution is -2.15. The Morgan fingerprint density at radius 2 is 2.07 bits per heavy atom. The molecule has 0 aliphatic rings. The van der Waals surface area contributed by atoms with Crippen molar-refractivity contribution in [3.63, 3.8) is 0 Å². The highest BCUT2D eigenvalue weighted by Crippen LogP contribution is 2.31. The molecule has 28 heavy (non-hydrogen) atoms. The van der Waals surface area contributed by atoms with Crippen molar-refractivity contribution >= 4 is 34.7 Å². The molecule has 5 nitrogen and oxygen atoms in total. The number of halogens is 2. The molecule has 0 saturated carbocycles. The Morgan fingerprint density at radius 1 is 1.29 bits per heavy atom. The molecule has 0 aliphatic carbocycles. The van der Waals surface area contributed by atoms with Crippen molar-refractivity contribution in [2.75, 3.05) is 11.1 Å². The number of hydrogen-bond acceptors (Lipinski definition) is 5. The molecule has 0 fully saturated rings. The molecule has 0 radical (unpaired) electrons. The fourth-order valence-electron chi connectivity index (χ4n) is 2.66. The minimum absolute atomic E-state index is 0.0420.